The number of benzene rings is 1. The van der Waals surface area contributed by atoms with Gasteiger partial charge in [0.05, 0.1) is 13.1 Å². The van der Waals surface area contributed by atoms with Crippen LogP contribution in [0.25, 0.3) is 10.1 Å². The highest BCUT2D eigenvalue weighted by Gasteiger charge is 2.12. The van der Waals surface area contributed by atoms with Gasteiger partial charge < -0.3 is 4.90 Å². The molecule has 6 nitrogen and oxygen atoms in total. The minimum absolute atomic E-state index is 0.0901. The largest absolute Gasteiger partial charge is 0.341 e. The van der Waals surface area contributed by atoms with Gasteiger partial charge in [0, 0.05) is 23.0 Å². The molecule has 114 valence electrons. The molecule has 0 radical (unpaired) electrons. The molecule has 1 amide bonds. The summed E-state index contributed by atoms with van der Waals surface area (Å²) in [5, 5.41) is 12.5. The Morgan fingerprint density at radius 3 is 2.91 bits per heavy atom. The number of aryl methyl sites for hydroxylation is 2. The zero-order valence-corrected chi connectivity index (χ0v) is 13.4. The van der Waals surface area contributed by atoms with E-state index < -0.39 is 0 Å². The van der Waals surface area contributed by atoms with Gasteiger partial charge in [-0.1, -0.05) is 18.2 Å². The Hall–Kier alpha value is -2.28. The maximum Gasteiger partial charge on any atom is 0.224 e. The number of carbonyl (C=O) groups excluding carboxylic acids is 1. The summed E-state index contributed by atoms with van der Waals surface area (Å²) in [5.74, 6) is 0.812. The van der Waals surface area contributed by atoms with Crippen molar-refractivity contribution in [3.8, 4) is 0 Å². The highest BCUT2D eigenvalue weighted by Crippen LogP contribution is 2.26. The average Bonchev–Trinajstić information content (AvgIpc) is 3.10. The molecule has 7 heteroatoms. The number of hydrogen-bond acceptors (Lipinski definition) is 5. The molecular formula is C15H17N5OS. The molecule has 2 aromatic heterocycles. The third kappa shape index (κ3) is 3.14. The second kappa shape index (κ2) is 6.23. The van der Waals surface area contributed by atoms with E-state index in [4.69, 9.17) is 0 Å². The molecular weight excluding hydrogens is 298 g/mol. The summed E-state index contributed by atoms with van der Waals surface area (Å²) in [6, 6.07) is 10.4. The van der Waals surface area contributed by atoms with Crippen LogP contribution in [0.1, 0.15) is 17.1 Å². The summed E-state index contributed by atoms with van der Waals surface area (Å²) in [6.07, 6.45) is 0.396. The predicted molar refractivity (Wildman–Crippen MR) is 85.5 cm³/mol. The zero-order chi connectivity index (χ0) is 15.5. The van der Waals surface area contributed by atoms with Gasteiger partial charge in [-0.05, 0) is 34.9 Å². The molecule has 0 aliphatic heterocycles. The third-order valence-electron chi connectivity index (χ3n) is 3.54. The molecule has 0 atom stereocenters. The minimum atomic E-state index is 0.0901. The van der Waals surface area contributed by atoms with E-state index in [-0.39, 0.29) is 5.91 Å². The summed E-state index contributed by atoms with van der Waals surface area (Å²) in [7, 11) is 1.83. The molecule has 0 N–H and O–H groups in total. The van der Waals surface area contributed by atoms with Gasteiger partial charge in [0.1, 0.15) is 5.82 Å². The van der Waals surface area contributed by atoms with E-state index in [9.17, 15) is 4.79 Å². The van der Waals surface area contributed by atoms with Gasteiger partial charge in [-0.15, -0.1) is 16.4 Å². The topological polar surface area (TPSA) is 63.9 Å². The number of thiophene rings is 1. The molecule has 2 heterocycles. The molecule has 0 saturated heterocycles. The van der Waals surface area contributed by atoms with Crippen LogP contribution >= 0.6 is 11.3 Å². The Morgan fingerprint density at radius 1 is 1.36 bits per heavy atom. The van der Waals surface area contributed by atoms with E-state index in [1.54, 1.807) is 20.9 Å². The first-order valence-corrected chi connectivity index (χ1v) is 7.89. The lowest BCUT2D eigenvalue weighted by molar-refractivity contribution is -0.130. The molecule has 0 aliphatic carbocycles. The maximum atomic E-state index is 12.2. The van der Waals surface area contributed by atoms with Crippen LogP contribution in [0, 0.1) is 6.92 Å². The maximum absolute atomic E-state index is 12.2. The molecule has 0 spiro atoms. The summed E-state index contributed by atoms with van der Waals surface area (Å²) >= 11 is 1.73. The van der Waals surface area contributed by atoms with Gasteiger partial charge >= 0.3 is 0 Å². The first kappa shape index (κ1) is 14.6. The van der Waals surface area contributed by atoms with E-state index in [0.717, 1.165) is 5.82 Å². The fourth-order valence-corrected chi connectivity index (χ4v) is 3.40. The van der Waals surface area contributed by atoms with E-state index in [0.29, 0.717) is 19.5 Å². The monoisotopic (exact) mass is 315 g/mol. The number of rotatable bonds is 5. The van der Waals surface area contributed by atoms with Crippen molar-refractivity contribution in [3.63, 3.8) is 0 Å². The highest BCUT2D eigenvalue weighted by atomic mass is 32.1. The van der Waals surface area contributed by atoms with Crippen LogP contribution in [0.3, 0.4) is 0 Å². The Balaban J connectivity index is 1.59. The number of tetrazole rings is 1. The van der Waals surface area contributed by atoms with Crippen molar-refractivity contribution in [3.05, 3.63) is 41.0 Å². The number of carbonyl (C=O) groups is 1. The number of aromatic nitrogens is 4. The Bertz CT molecular complexity index is 761. The van der Waals surface area contributed by atoms with Gasteiger partial charge in [-0.2, -0.15) is 0 Å². The summed E-state index contributed by atoms with van der Waals surface area (Å²) in [6.45, 7) is 2.96. The van der Waals surface area contributed by atoms with E-state index in [1.807, 2.05) is 26.1 Å². The number of hydrogen-bond donors (Lipinski definition) is 0. The van der Waals surface area contributed by atoms with Crippen LogP contribution in [-0.4, -0.2) is 38.1 Å². The normalized spacial score (nSPS) is 11.0. The van der Waals surface area contributed by atoms with Crippen molar-refractivity contribution in [1.82, 2.24) is 25.1 Å². The smallest absolute Gasteiger partial charge is 0.224 e. The number of fused-ring (bicyclic) bond motifs is 1. The molecule has 3 aromatic rings. The molecule has 3 rings (SSSR count). The summed E-state index contributed by atoms with van der Waals surface area (Å²) < 4.78 is 2.90. The van der Waals surface area contributed by atoms with Crippen molar-refractivity contribution in [2.45, 2.75) is 26.4 Å². The van der Waals surface area contributed by atoms with Crippen LogP contribution < -0.4 is 0 Å². The van der Waals surface area contributed by atoms with Crippen molar-refractivity contribution in [2.75, 3.05) is 7.05 Å². The van der Waals surface area contributed by atoms with Gasteiger partial charge in [0.15, 0.2) is 0 Å². The van der Waals surface area contributed by atoms with Crippen molar-refractivity contribution >= 4 is 27.3 Å². The average molecular weight is 315 g/mol. The predicted octanol–water partition coefficient (Wildman–Crippen LogP) is 2.24. The second-order valence-corrected chi connectivity index (χ2v) is 6.37. The van der Waals surface area contributed by atoms with Crippen LogP contribution in [0.15, 0.2) is 30.3 Å². The lowest BCUT2D eigenvalue weighted by Gasteiger charge is -2.16. The standard InChI is InChI=1S/C15H17N5OS/c1-11-16-17-18-20(11)8-7-15(21)19(2)10-13-9-12-5-3-4-6-14(12)22-13/h3-6,9H,7-8,10H2,1-2H3. The summed E-state index contributed by atoms with van der Waals surface area (Å²) in [4.78, 5) is 15.2. The fourth-order valence-electron chi connectivity index (χ4n) is 2.28. The van der Waals surface area contributed by atoms with Crippen LogP contribution in [0.5, 0.6) is 0 Å². The van der Waals surface area contributed by atoms with Gasteiger partial charge in [0.25, 0.3) is 0 Å². The molecule has 0 saturated carbocycles. The minimum Gasteiger partial charge on any atom is -0.341 e. The third-order valence-corrected chi connectivity index (χ3v) is 4.64. The van der Waals surface area contributed by atoms with E-state index >= 15 is 0 Å². The SMILES string of the molecule is Cc1nnnn1CCC(=O)N(C)Cc1cc2ccccc2s1. The second-order valence-electron chi connectivity index (χ2n) is 5.20. The highest BCUT2D eigenvalue weighted by molar-refractivity contribution is 7.19. The Morgan fingerprint density at radius 2 is 2.18 bits per heavy atom. The Labute approximate surface area is 132 Å². The van der Waals surface area contributed by atoms with E-state index in [1.165, 1.54) is 15.0 Å². The van der Waals surface area contributed by atoms with Gasteiger partial charge in [-0.25, -0.2) is 4.68 Å². The Kier molecular flexibility index (Phi) is 4.15. The molecule has 0 aliphatic rings. The quantitative estimate of drug-likeness (QED) is 0.724. The van der Waals surface area contributed by atoms with Crippen molar-refractivity contribution < 1.29 is 4.79 Å². The van der Waals surface area contributed by atoms with Crippen molar-refractivity contribution in [2.24, 2.45) is 0 Å². The lowest BCUT2D eigenvalue weighted by Crippen LogP contribution is -2.27. The van der Waals surface area contributed by atoms with Gasteiger partial charge in [0.2, 0.25) is 5.91 Å². The molecule has 22 heavy (non-hydrogen) atoms. The fraction of sp³-hybridized carbons (Fsp3) is 0.333. The summed E-state index contributed by atoms with van der Waals surface area (Å²) in [5.41, 5.74) is 0. The van der Waals surface area contributed by atoms with Crippen LogP contribution in [-0.2, 0) is 17.9 Å². The molecule has 0 bridgehead atoms. The zero-order valence-electron chi connectivity index (χ0n) is 12.6. The first-order valence-electron chi connectivity index (χ1n) is 7.07. The molecule has 0 fully saturated rings. The van der Waals surface area contributed by atoms with Crippen LogP contribution in [0.4, 0.5) is 0 Å². The lowest BCUT2D eigenvalue weighted by atomic mass is 10.2. The first-order chi connectivity index (χ1) is 10.6. The van der Waals surface area contributed by atoms with Crippen LogP contribution in [0.2, 0.25) is 0 Å². The van der Waals surface area contributed by atoms with Gasteiger partial charge in [-0.3, -0.25) is 4.79 Å². The molecule has 0 unspecified atom stereocenters. The number of amides is 1. The van der Waals surface area contributed by atoms with E-state index in [2.05, 4.69) is 33.7 Å². The molecule has 1 aromatic carbocycles. The van der Waals surface area contributed by atoms with Crippen molar-refractivity contribution in [1.29, 1.82) is 0 Å². The number of nitrogens with zero attached hydrogens (tertiary/aromatic N) is 5.